The predicted octanol–water partition coefficient (Wildman–Crippen LogP) is 4.20. The summed E-state index contributed by atoms with van der Waals surface area (Å²) in [4.78, 5) is 20.1. The van der Waals surface area contributed by atoms with Crippen molar-refractivity contribution in [3.8, 4) is 0 Å². The molecule has 1 saturated heterocycles. The summed E-state index contributed by atoms with van der Waals surface area (Å²) in [5.41, 5.74) is -11.5. The molecule has 0 radical (unpaired) electrons. The minimum Gasteiger partial charge on any atom is -0.313 e. The molecular formula is C10H2F17NO3. The van der Waals surface area contributed by atoms with Crippen LogP contribution in [0.2, 0.25) is 0 Å². The maximum absolute atomic E-state index is 12.4. The molecule has 0 spiro atoms. The third-order valence-electron chi connectivity index (χ3n) is 2.97. The predicted molar refractivity (Wildman–Crippen MR) is 56.0 cm³/mol. The molecule has 184 valence electrons. The van der Waals surface area contributed by atoms with Gasteiger partial charge < -0.3 is 10.1 Å². The number of amides is 1. The van der Waals surface area contributed by atoms with Crippen LogP contribution in [0.5, 0.6) is 0 Å². The Bertz CT molecular complexity index is 651. The largest absolute Gasteiger partial charge is 0.459 e. The van der Waals surface area contributed by atoms with Gasteiger partial charge in [0.05, 0.1) is 0 Å². The minimum absolute atomic E-state index is 0.0654. The Morgan fingerprint density at radius 1 is 0.710 bits per heavy atom. The summed E-state index contributed by atoms with van der Waals surface area (Å²) in [6.45, 7) is 0. The third kappa shape index (κ3) is 5.22. The van der Waals surface area contributed by atoms with Crippen LogP contribution in [-0.2, 0) is 14.3 Å². The van der Waals surface area contributed by atoms with Crippen LogP contribution in [0.25, 0.3) is 0 Å². The maximum atomic E-state index is 12.4. The average molecular weight is 507 g/mol. The monoisotopic (exact) mass is 507 g/mol. The quantitative estimate of drug-likeness (QED) is 0.542. The van der Waals surface area contributed by atoms with E-state index < -0.39 is 60.3 Å². The first-order valence-corrected chi connectivity index (χ1v) is 6.38. The van der Waals surface area contributed by atoms with Crippen molar-refractivity contribution in [1.82, 2.24) is 5.32 Å². The van der Waals surface area contributed by atoms with Crippen LogP contribution in [0.15, 0.2) is 0 Å². The Kier molecular flexibility index (Phi) is 7.27. The molecule has 0 aromatic carbocycles. The first kappa shape index (κ1) is 28.9. The Morgan fingerprint density at radius 3 is 1.13 bits per heavy atom. The van der Waals surface area contributed by atoms with E-state index in [1.165, 1.54) is 0 Å². The fourth-order valence-corrected chi connectivity index (χ4v) is 1.62. The fraction of sp³-hybridized carbons (Fsp3) is 0.800. The van der Waals surface area contributed by atoms with E-state index in [1.54, 1.807) is 0 Å². The van der Waals surface area contributed by atoms with Gasteiger partial charge in [0.15, 0.2) is 0 Å². The van der Waals surface area contributed by atoms with Crippen LogP contribution in [0, 0.1) is 0 Å². The Hall–Kier alpha value is -2.09. The van der Waals surface area contributed by atoms with E-state index in [2.05, 4.69) is 4.74 Å². The zero-order valence-corrected chi connectivity index (χ0v) is 13.2. The van der Waals surface area contributed by atoms with Gasteiger partial charge in [-0.25, -0.2) is 8.78 Å². The number of halogens is 17. The van der Waals surface area contributed by atoms with E-state index in [9.17, 15) is 84.2 Å². The van der Waals surface area contributed by atoms with Crippen molar-refractivity contribution in [3.05, 3.63) is 0 Å². The molecule has 1 heterocycles. The first-order chi connectivity index (χ1) is 13.2. The lowest BCUT2D eigenvalue weighted by Crippen LogP contribution is -2.63. The molecule has 0 saturated carbocycles. The molecule has 0 aromatic rings. The Balaban J connectivity index is 0.000000759. The van der Waals surface area contributed by atoms with Gasteiger partial charge in [0.1, 0.15) is 0 Å². The summed E-state index contributed by atoms with van der Waals surface area (Å²) in [5, 5.41) is -0.0654. The minimum atomic E-state index is -6.75. The highest BCUT2D eigenvalue weighted by Gasteiger charge is 2.87. The number of alkyl halides is 17. The lowest BCUT2D eigenvalue weighted by Gasteiger charge is -2.34. The first-order valence-electron chi connectivity index (χ1n) is 6.38. The summed E-state index contributed by atoms with van der Waals surface area (Å²) in [7, 11) is 0. The molecule has 21 heteroatoms. The zero-order chi connectivity index (χ0) is 25.6. The third-order valence-corrected chi connectivity index (χ3v) is 2.97. The van der Waals surface area contributed by atoms with E-state index in [1.807, 2.05) is 0 Å². The van der Waals surface area contributed by atoms with Crippen molar-refractivity contribution in [2.24, 2.45) is 0 Å². The molecule has 0 aliphatic carbocycles. The van der Waals surface area contributed by atoms with Gasteiger partial charge in [-0.1, -0.05) is 0 Å². The van der Waals surface area contributed by atoms with Gasteiger partial charge in [-0.3, -0.25) is 9.59 Å². The highest BCUT2D eigenvalue weighted by Crippen LogP contribution is 2.54. The number of carbonyl (C=O) groups excluding carboxylic acids is 2. The molecule has 31 heavy (non-hydrogen) atoms. The van der Waals surface area contributed by atoms with E-state index >= 15 is 0 Å². The number of hydrogen-bond acceptors (Lipinski definition) is 3. The molecule has 1 rings (SSSR count). The van der Waals surface area contributed by atoms with Gasteiger partial charge in [0.2, 0.25) is 0 Å². The van der Waals surface area contributed by atoms with Crippen LogP contribution in [0.3, 0.4) is 0 Å². The number of hydrogen-bond donors (Lipinski definition) is 1. The van der Waals surface area contributed by atoms with Crippen molar-refractivity contribution in [3.63, 3.8) is 0 Å². The van der Waals surface area contributed by atoms with Crippen molar-refractivity contribution in [2.45, 2.75) is 48.6 Å². The summed E-state index contributed by atoms with van der Waals surface area (Å²) in [6, 6.07) is 0. The van der Waals surface area contributed by atoms with E-state index in [-0.39, 0.29) is 5.32 Å². The van der Waals surface area contributed by atoms with Crippen molar-refractivity contribution >= 4 is 11.7 Å². The van der Waals surface area contributed by atoms with E-state index in [4.69, 9.17) is 0 Å². The lowest BCUT2D eigenvalue weighted by molar-refractivity contribution is -0.409. The smallest absolute Gasteiger partial charge is 0.313 e. The van der Waals surface area contributed by atoms with E-state index in [0.717, 1.165) is 0 Å². The van der Waals surface area contributed by atoms with Crippen LogP contribution in [-0.4, -0.2) is 60.3 Å². The number of rotatable bonds is 1. The second-order valence-electron chi connectivity index (χ2n) is 5.09. The molecule has 1 aliphatic rings. The molecule has 0 bridgehead atoms. The number of Topliss-reactive ketones (excluding diaryl/α,β-unsaturated/α-hetero) is 1. The van der Waals surface area contributed by atoms with Gasteiger partial charge in [0, 0.05) is 0 Å². The van der Waals surface area contributed by atoms with Crippen LogP contribution in [0.1, 0.15) is 0 Å². The van der Waals surface area contributed by atoms with Gasteiger partial charge in [0.25, 0.3) is 12.3 Å². The lowest BCUT2D eigenvalue weighted by atomic mass is 10.0. The highest BCUT2D eigenvalue weighted by atomic mass is 19.4. The van der Waals surface area contributed by atoms with Gasteiger partial charge in [-0.05, 0) is 0 Å². The Morgan fingerprint density at radius 2 is 1.03 bits per heavy atom. The van der Waals surface area contributed by atoms with Crippen LogP contribution in [0.4, 0.5) is 74.6 Å². The van der Waals surface area contributed by atoms with Gasteiger partial charge in [-0.2, -0.15) is 65.9 Å². The molecule has 1 fully saturated rings. The van der Waals surface area contributed by atoms with Crippen molar-refractivity contribution in [1.29, 1.82) is 0 Å². The highest BCUT2D eigenvalue weighted by molar-refractivity contribution is 5.90. The van der Waals surface area contributed by atoms with Gasteiger partial charge >= 0.3 is 48.0 Å². The van der Waals surface area contributed by atoms with Crippen LogP contribution < -0.4 is 5.32 Å². The van der Waals surface area contributed by atoms with Crippen molar-refractivity contribution < 1.29 is 89.0 Å². The average Bonchev–Trinajstić information content (AvgIpc) is 2.80. The standard InChI is InChI=1S/C7H2F11NO2.C3F6O/c8-1(9)4(7(16,17)18)19-2(20)3(21-4,5(10,11)12)6(13,14)15;4-2(5,6)1(10)3(7,8)9/h1H,(H,19,20);. The van der Waals surface area contributed by atoms with Crippen molar-refractivity contribution in [2.75, 3.05) is 0 Å². The SMILES string of the molecule is O=C(C(F)(F)F)C(F)(F)F.O=C1NC(C(F)F)(C(F)(F)F)OC1(C(F)(F)F)C(F)(F)F. The number of ketones is 1. The van der Waals surface area contributed by atoms with Gasteiger partial charge in [-0.15, -0.1) is 0 Å². The molecule has 1 amide bonds. The summed E-state index contributed by atoms with van der Waals surface area (Å²) < 4.78 is 205. The summed E-state index contributed by atoms with van der Waals surface area (Å²) in [6.07, 6.45) is -36.5. The second kappa shape index (κ2) is 7.80. The molecule has 4 nitrogen and oxygen atoms in total. The summed E-state index contributed by atoms with van der Waals surface area (Å²) >= 11 is 0. The normalized spacial score (nSPS) is 22.7. The molecule has 1 unspecified atom stereocenters. The fourth-order valence-electron chi connectivity index (χ4n) is 1.62. The molecule has 0 aromatic heterocycles. The molecule has 1 N–H and O–H groups in total. The Labute approximate surface area is 156 Å². The molecular weight excluding hydrogens is 505 g/mol. The topological polar surface area (TPSA) is 55.4 Å². The number of ether oxygens (including phenoxy) is 1. The zero-order valence-electron chi connectivity index (χ0n) is 13.2. The van der Waals surface area contributed by atoms with Crippen LogP contribution >= 0.6 is 0 Å². The number of nitrogens with one attached hydrogen (secondary N) is 1. The summed E-state index contributed by atoms with van der Waals surface area (Å²) in [5.74, 6) is -7.11. The second-order valence-corrected chi connectivity index (χ2v) is 5.09. The van der Waals surface area contributed by atoms with E-state index in [0.29, 0.717) is 0 Å². The molecule has 1 atom stereocenters. The number of carbonyl (C=O) groups is 2. The maximum Gasteiger partial charge on any atom is 0.459 e. The molecule has 1 aliphatic heterocycles.